The van der Waals surface area contributed by atoms with Crippen molar-refractivity contribution in [3.8, 4) is 0 Å². The fraction of sp³-hybridized carbons (Fsp3) is 0.529. The van der Waals surface area contributed by atoms with Crippen molar-refractivity contribution in [2.45, 2.75) is 45.6 Å². The fourth-order valence-corrected chi connectivity index (χ4v) is 4.08. The summed E-state index contributed by atoms with van der Waals surface area (Å²) in [5, 5.41) is 0. The third-order valence-corrected chi connectivity index (χ3v) is 5.33. The molecule has 0 aromatic carbocycles. The lowest BCUT2D eigenvalue weighted by Crippen LogP contribution is -2.41. The summed E-state index contributed by atoms with van der Waals surface area (Å²) < 4.78 is 2.26. The van der Waals surface area contributed by atoms with Crippen molar-refractivity contribution in [2.75, 3.05) is 13.1 Å². The topological polar surface area (TPSA) is 38.1 Å². The first-order valence-corrected chi connectivity index (χ1v) is 8.84. The van der Waals surface area contributed by atoms with Crippen molar-refractivity contribution in [2.24, 2.45) is 0 Å². The van der Waals surface area contributed by atoms with Crippen LogP contribution in [0.4, 0.5) is 0 Å². The van der Waals surface area contributed by atoms with Gasteiger partial charge in [0.05, 0.1) is 12.5 Å². The first kappa shape index (κ1) is 15.3. The molecule has 0 bridgehead atoms. The van der Waals surface area contributed by atoms with Gasteiger partial charge in [0.2, 0.25) is 5.91 Å². The molecule has 1 unspecified atom stereocenters. The molecule has 2 aromatic rings. The number of imidazole rings is 1. The van der Waals surface area contributed by atoms with Gasteiger partial charge >= 0.3 is 0 Å². The van der Waals surface area contributed by atoms with Crippen LogP contribution in [-0.4, -0.2) is 33.4 Å². The predicted octanol–water partition coefficient (Wildman–Crippen LogP) is 3.22. The summed E-state index contributed by atoms with van der Waals surface area (Å²) in [7, 11) is 0. The van der Waals surface area contributed by atoms with Crippen molar-refractivity contribution in [3.63, 3.8) is 0 Å². The van der Waals surface area contributed by atoms with E-state index in [1.165, 1.54) is 9.75 Å². The Hall–Kier alpha value is -1.62. The summed E-state index contributed by atoms with van der Waals surface area (Å²) in [6.07, 6.45) is 7.60. The third-order valence-electron chi connectivity index (χ3n) is 4.33. The van der Waals surface area contributed by atoms with Crippen LogP contribution >= 0.6 is 11.3 Å². The molecule has 1 saturated heterocycles. The Labute approximate surface area is 135 Å². The van der Waals surface area contributed by atoms with E-state index in [9.17, 15) is 4.79 Å². The van der Waals surface area contributed by atoms with Gasteiger partial charge in [-0.3, -0.25) is 4.79 Å². The molecular weight excluding hydrogens is 294 g/mol. The highest BCUT2D eigenvalue weighted by Gasteiger charge is 2.25. The number of piperidine rings is 1. The van der Waals surface area contributed by atoms with Gasteiger partial charge in [0.25, 0.3) is 0 Å². The van der Waals surface area contributed by atoms with E-state index in [-0.39, 0.29) is 5.91 Å². The van der Waals surface area contributed by atoms with Gasteiger partial charge in [-0.1, -0.05) is 6.92 Å². The molecule has 22 heavy (non-hydrogen) atoms. The molecule has 0 saturated carbocycles. The minimum Gasteiger partial charge on any atom is -0.340 e. The molecular formula is C17H23N3OS. The molecule has 118 valence electrons. The zero-order valence-corrected chi connectivity index (χ0v) is 14.1. The molecule has 1 amide bonds. The van der Waals surface area contributed by atoms with Crippen molar-refractivity contribution in [1.82, 2.24) is 14.5 Å². The second kappa shape index (κ2) is 6.65. The van der Waals surface area contributed by atoms with E-state index >= 15 is 0 Å². The fourth-order valence-electron chi connectivity index (χ4n) is 3.20. The normalized spacial score (nSPS) is 18.6. The first-order chi connectivity index (χ1) is 10.7. The number of likely N-dealkylation sites (tertiary alicyclic amines) is 1. The third kappa shape index (κ3) is 3.24. The Balaban J connectivity index is 1.66. The number of carbonyl (C=O) groups excluding carboxylic acids is 1. The number of thiophene rings is 1. The van der Waals surface area contributed by atoms with Crippen LogP contribution in [0.25, 0.3) is 0 Å². The van der Waals surface area contributed by atoms with Gasteiger partial charge in [0.1, 0.15) is 5.82 Å². The summed E-state index contributed by atoms with van der Waals surface area (Å²) in [5.74, 6) is 1.37. The van der Waals surface area contributed by atoms with E-state index in [4.69, 9.17) is 0 Å². The zero-order chi connectivity index (χ0) is 15.5. The van der Waals surface area contributed by atoms with Gasteiger partial charge in [-0.05, 0) is 31.9 Å². The minimum absolute atomic E-state index is 0.254. The number of hydrogen-bond acceptors (Lipinski definition) is 3. The SMILES string of the molecule is CCc1nccn1C1CCCN(C(=O)Cc2ccc(C)s2)C1. The monoisotopic (exact) mass is 317 g/mol. The highest BCUT2D eigenvalue weighted by molar-refractivity contribution is 7.12. The maximum absolute atomic E-state index is 12.6. The molecule has 1 atom stereocenters. The summed E-state index contributed by atoms with van der Waals surface area (Å²) >= 11 is 1.72. The second-order valence-corrected chi connectivity index (χ2v) is 7.30. The van der Waals surface area contributed by atoms with Gasteiger partial charge in [-0.15, -0.1) is 11.3 Å². The van der Waals surface area contributed by atoms with Gasteiger partial charge in [0, 0.05) is 41.7 Å². The quantitative estimate of drug-likeness (QED) is 0.868. The van der Waals surface area contributed by atoms with Crippen LogP contribution in [0.5, 0.6) is 0 Å². The summed E-state index contributed by atoms with van der Waals surface area (Å²) in [4.78, 5) is 21.4. The van der Waals surface area contributed by atoms with Gasteiger partial charge in [-0.25, -0.2) is 4.98 Å². The number of nitrogens with zero attached hydrogens (tertiary/aromatic N) is 3. The Morgan fingerprint density at radius 3 is 3.05 bits per heavy atom. The van der Waals surface area contributed by atoms with Gasteiger partial charge in [0.15, 0.2) is 0 Å². The average molecular weight is 317 g/mol. The van der Waals surface area contributed by atoms with Crippen LogP contribution in [-0.2, 0) is 17.6 Å². The molecule has 3 rings (SSSR count). The molecule has 1 aliphatic heterocycles. The average Bonchev–Trinajstić information content (AvgIpc) is 3.16. The van der Waals surface area contributed by atoms with Crippen molar-refractivity contribution < 1.29 is 4.79 Å². The number of aryl methyl sites for hydroxylation is 2. The number of carbonyl (C=O) groups is 1. The largest absolute Gasteiger partial charge is 0.340 e. The maximum atomic E-state index is 12.6. The first-order valence-electron chi connectivity index (χ1n) is 8.02. The van der Waals surface area contributed by atoms with Crippen molar-refractivity contribution in [3.05, 3.63) is 40.1 Å². The smallest absolute Gasteiger partial charge is 0.227 e. The standard InChI is InChI=1S/C17H23N3OS/c1-3-16-18-8-10-20(16)14-5-4-9-19(12-14)17(21)11-15-7-6-13(2)22-15/h6-8,10,14H,3-5,9,11-12H2,1-2H3. The van der Waals surface area contributed by atoms with E-state index in [0.717, 1.165) is 38.2 Å². The molecule has 1 aliphatic rings. The number of amides is 1. The van der Waals surface area contributed by atoms with E-state index in [2.05, 4.69) is 41.7 Å². The Morgan fingerprint density at radius 2 is 2.32 bits per heavy atom. The maximum Gasteiger partial charge on any atom is 0.227 e. The minimum atomic E-state index is 0.254. The van der Waals surface area contributed by atoms with E-state index in [1.807, 2.05) is 11.1 Å². The van der Waals surface area contributed by atoms with Crippen LogP contribution < -0.4 is 0 Å². The summed E-state index contributed by atoms with van der Waals surface area (Å²) in [5.41, 5.74) is 0. The molecule has 0 N–H and O–H groups in total. The Morgan fingerprint density at radius 1 is 1.45 bits per heavy atom. The molecule has 4 nitrogen and oxygen atoms in total. The van der Waals surface area contributed by atoms with Gasteiger partial charge < -0.3 is 9.47 Å². The Kier molecular flexibility index (Phi) is 4.62. The van der Waals surface area contributed by atoms with Crippen molar-refractivity contribution in [1.29, 1.82) is 0 Å². The molecule has 5 heteroatoms. The highest BCUT2D eigenvalue weighted by atomic mass is 32.1. The molecule has 0 radical (unpaired) electrons. The number of rotatable bonds is 4. The van der Waals surface area contributed by atoms with Crippen molar-refractivity contribution >= 4 is 17.2 Å². The lowest BCUT2D eigenvalue weighted by Gasteiger charge is -2.34. The molecule has 3 heterocycles. The second-order valence-electron chi connectivity index (χ2n) is 5.93. The molecule has 1 fully saturated rings. The van der Waals surface area contributed by atoms with Crippen LogP contribution in [0.1, 0.15) is 41.4 Å². The lowest BCUT2D eigenvalue weighted by molar-refractivity contribution is -0.132. The van der Waals surface area contributed by atoms with Crippen LogP contribution in [0.3, 0.4) is 0 Å². The van der Waals surface area contributed by atoms with E-state index in [0.29, 0.717) is 12.5 Å². The highest BCUT2D eigenvalue weighted by Crippen LogP contribution is 2.24. The van der Waals surface area contributed by atoms with Crippen LogP contribution in [0, 0.1) is 6.92 Å². The van der Waals surface area contributed by atoms with Gasteiger partial charge in [-0.2, -0.15) is 0 Å². The number of aromatic nitrogens is 2. The van der Waals surface area contributed by atoms with E-state index in [1.54, 1.807) is 11.3 Å². The molecule has 0 spiro atoms. The molecule has 2 aromatic heterocycles. The Bertz CT molecular complexity index is 646. The van der Waals surface area contributed by atoms with Crippen LogP contribution in [0.15, 0.2) is 24.5 Å². The van der Waals surface area contributed by atoms with E-state index < -0.39 is 0 Å². The predicted molar refractivity (Wildman–Crippen MR) is 89.2 cm³/mol. The molecule has 0 aliphatic carbocycles. The zero-order valence-electron chi connectivity index (χ0n) is 13.3. The summed E-state index contributed by atoms with van der Waals surface area (Å²) in [6, 6.07) is 4.54. The van der Waals surface area contributed by atoms with Crippen LogP contribution in [0.2, 0.25) is 0 Å². The summed E-state index contributed by atoms with van der Waals surface area (Å²) in [6.45, 7) is 5.91. The lowest BCUT2D eigenvalue weighted by atomic mass is 10.0. The number of hydrogen-bond donors (Lipinski definition) is 0.